The number of amides is 1. The van der Waals surface area contributed by atoms with Crippen molar-refractivity contribution in [3.05, 3.63) is 64.7 Å². The van der Waals surface area contributed by atoms with Crippen molar-refractivity contribution in [2.45, 2.75) is 84.4 Å². The number of Topliss-reactive ketones (excluding diaryl/α,β-unsaturated/α-hetero) is 1. The number of amidine groups is 1. The molecule has 0 aliphatic carbocycles. The average molecular weight is 589 g/mol. The molecule has 0 aromatic heterocycles. The molecule has 1 N–H and O–H groups in total. The van der Waals surface area contributed by atoms with Crippen LogP contribution >= 0.6 is 0 Å². The molecule has 7 nitrogen and oxygen atoms in total. The van der Waals surface area contributed by atoms with Gasteiger partial charge in [-0.2, -0.15) is 18.2 Å². The molecular formula is C32H39F3N2O5. The van der Waals surface area contributed by atoms with Crippen LogP contribution in [0.15, 0.2) is 47.5 Å². The summed E-state index contributed by atoms with van der Waals surface area (Å²) in [5, 5.41) is 11.1. The van der Waals surface area contributed by atoms with Crippen molar-refractivity contribution in [3.8, 4) is 5.75 Å². The molecule has 1 aliphatic heterocycles. The highest BCUT2D eigenvalue weighted by Crippen LogP contribution is 2.40. The second-order valence-electron chi connectivity index (χ2n) is 12.6. The Morgan fingerprint density at radius 2 is 1.52 bits per heavy atom. The molecule has 2 aromatic carbocycles. The lowest BCUT2D eigenvalue weighted by Gasteiger charge is -2.29. The smallest absolute Gasteiger partial charge is 0.473 e. The van der Waals surface area contributed by atoms with E-state index in [-0.39, 0.29) is 36.6 Å². The lowest BCUT2D eigenvalue weighted by molar-refractivity contribution is -0.169. The Labute approximate surface area is 244 Å². The van der Waals surface area contributed by atoms with Crippen LogP contribution in [-0.2, 0) is 31.6 Å². The number of esters is 1. The fourth-order valence-electron chi connectivity index (χ4n) is 5.13. The lowest BCUT2D eigenvalue weighted by Crippen LogP contribution is -2.44. The zero-order valence-corrected chi connectivity index (χ0v) is 25.1. The van der Waals surface area contributed by atoms with Crippen molar-refractivity contribution in [1.29, 1.82) is 0 Å². The highest BCUT2D eigenvalue weighted by molar-refractivity contribution is 6.05. The largest absolute Gasteiger partial charge is 0.507 e. The van der Waals surface area contributed by atoms with Crippen LogP contribution in [0.5, 0.6) is 5.75 Å². The topological polar surface area (TPSA) is 96.3 Å². The highest BCUT2D eigenvalue weighted by Gasteiger charge is 2.46. The third kappa shape index (κ3) is 7.57. The highest BCUT2D eigenvalue weighted by atomic mass is 19.4. The zero-order valence-electron chi connectivity index (χ0n) is 25.1. The number of carbonyl (C=O) groups excluding carboxylic acids is 3. The molecule has 42 heavy (non-hydrogen) atoms. The molecule has 1 heterocycles. The number of aromatic hydroxyl groups is 1. The van der Waals surface area contributed by atoms with E-state index < -0.39 is 53.2 Å². The number of ketones is 1. The predicted octanol–water partition coefficient (Wildman–Crippen LogP) is 6.15. The number of ether oxygens (including phenoxy) is 1. The number of hydrogen-bond acceptors (Lipinski definition) is 5. The molecule has 0 saturated carbocycles. The third-order valence-corrected chi connectivity index (χ3v) is 7.25. The van der Waals surface area contributed by atoms with Crippen LogP contribution in [0, 0.1) is 5.92 Å². The normalized spacial score (nSPS) is 18.8. The van der Waals surface area contributed by atoms with Crippen LogP contribution in [0.3, 0.4) is 0 Å². The van der Waals surface area contributed by atoms with Crippen LogP contribution in [0.4, 0.5) is 13.2 Å². The molecule has 2 atom stereocenters. The van der Waals surface area contributed by atoms with E-state index in [9.17, 15) is 32.7 Å². The van der Waals surface area contributed by atoms with Gasteiger partial charge in [0.1, 0.15) is 17.6 Å². The summed E-state index contributed by atoms with van der Waals surface area (Å²) >= 11 is 0. The quantitative estimate of drug-likeness (QED) is 0.308. The first-order valence-electron chi connectivity index (χ1n) is 13.9. The summed E-state index contributed by atoms with van der Waals surface area (Å²) in [6, 6.07) is 10.9. The summed E-state index contributed by atoms with van der Waals surface area (Å²) in [4.78, 5) is 43.6. The number of carbonyl (C=O) groups is 3. The van der Waals surface area contributed by atoms with Crippen molar-refractivity contribution in [1.82, 2.24) is 4.90 Å². The van der Waals surface area contributed by atoms with Gasteiger partial charge in [0, 0.05) is 22.6 Å². The number of alkyl halides is 3. The summed E-state index contributed by atoms with van der Waals surface area (Å²) in [5.74, 6) is -4.50. The van der Waals surface area contributed by atoms with E-state index in [0.717, 1.165) is 5.56 Å². The van der Waals surface area contributed by atoms with Crippen LogP contribution in [-0.4, -0.2) is 58.9 Å². The molecule has 1 fully saturated rings. The number of hydrogen-bond donors (Lipinski definition) is 1. The average Bonchev–Trinajstić information content (AvgIpc) is 3.19. The van der Waals surface area contributed by atoms with Gasteiger partial charge in [-0.05, 0) is 48.3 Å². The van der Waals surface area contributed by atoms with E-state index in [4.69, 9.17) is 4.74 Å². The summed E-state index contributed by atoms with van der Waals surface area (Å²) in [5.41, 5.74) is 0.989. The SMILES string of the molecule is CCOC(=O)C1C[C@H](Cc2ccccc2)/C(=N/C(=O)C(F)(F)F)N1CC(=O)c1cc(C(C)(C)C)c(O)c(C(C)(C)C)c1. The van der Waals surface area contributed by atoms with E-state index in [2.05, 4.69) is 4.99 Å². The van der Waals surface area contributed by atoms with Gasteiger partial charge in [0.05, 0.1) is 13.2 Å². The minimum atomic E-state index is -5.23. The van der Waals surface area contributed by atoms with Gasteiger partial charge in [0.15, 0.2) is 5.78 Å². The van der Waals surface area contributed by atoms with E-state index in [0.29, 0.717) is 11.1 Å². The van der Waals surface area contributed by atoms with Crippen LogP contribution in [0.1, 0.15) is 81.9 Å². The Morgan fingerprint density at radius 3 is 2.00 bits per heavy atom. The molecule has 3 rings (SSSR count). The zero-order chi connectivity index (χ0) is 31.6. The number of aliphatic imine (C=N–C) groups is 1. The number of phenols is 1. The second kappa shape index (κ2) is 12.3. The summed E-state index contributed by atoms with van der Waals surface area (Å²) in [6.07, 6.45) is -5.02. The van der Waals surface area contributed by atoms with Gasteiger partial charge in [-0.15, -0.1) is 0 Å². The molecule has 0 spiro atoms. The predicted molar refractivity (Wildman–Crippen MR) is 154 cm³/mol. The maximum Gasteiger partial charge on any atom is 0.473 e. The Hall–Kier alpha value is -3.69. The number of nitrogens with zero attached hydrogens (tertiary/aromatic N) is 2. The van der Waals surface area contributed by atoms with Gasteiger partial charge < -0.3 is 14.7 Å². The third-order valence-electron chi connectivity index (χ3n) is 7.25. The molecule has 2 aromatic rings. The fraction of sp³-hybridized carbons (Fsp3) is 0.500. The second-order valence-corrected chi connectivity index (χ2v) is 12.6. The number of rotatable bonds is 7. The van der Waals surface area contributed by atoms with Crippen LogP contribution < -0.4 is 0 Å². The Kier molecular flexibility index (Phi) is 9.59. The van der Waals surface area contributed by atoms with Gasteiger partial charge in [-0.25, -0.2) is 4.79 Å². The Bertz CT molecular complexity index is 1320. The lowest BCUT2D eigenvalue weighted by atomic mass is 9.78. The van der Waals surface area contributed by atoms with E-state index >= 15 is 0 Å². The molecule has 1 aliphatic rings. The Balaban J connectivity index is 2.14. The summed E-state index contributed by atoms with van der Waals surface area (Å²) < 4.78 is 45.4. The Morgan fingerprint density at radius 1 is 0.976 bits per heavy atom. The minimum absolute atomic E-state index is 0.0149. The van der Waals surface area contributed by atoms with Crippen LogP contribution in [0.2, 0.25) is 0 Å². The first-order valence-corrected chi connectivity index (χ1v) is 13.9. The van der Waals surface area contributed by atoms with Crippen molar-refractivity contribution in [2.75, 3.05) is 13.2 Å². The minimum Gasteiger partial charge on any atom is -0.507 e. The van der Waals surface area contributed by atoms with Gasteiger partial charge in [0.25, 0.3) is 0 Å². The van der Waals surface area contributed by atoms with Crippen molar-refractivity contribution in [2.24, 2.45) is 10.9 Å². The monoisotopic (exact) mass is 588 g/mol. The van der Waals surface area contributed by atoms with Gasteiger partial charge >= 0.3 is 18.1 Å². The molecular weight excluding hydrogens is 549 g/mol. The van der Waals surface area contributed by atoms with Gasteiger partial charge in [0.2, 0.25) is 0 Å². The van der Waals surface area contributed by atoms with Gasteiger partial charge in [-0.1, -0.05) is 71.9 Å². The number of phenolic OH excluding ortho intramolecular Hbond substituents is 1. The maximum absolute atomic E-state index is 13.9. The van der Waals surface area contributed by atoms with Crippen molar-refractivity contribution in [3.63, 3.8) is 0 Å². The number of halogens is 3. The molecule has 1 saturated heterocycles. The molecule has 10 heteroatoms. The first kappa shape index (κ1) is 32.8. The van der Waals surface area contributed by atoms with E-state index in [1.807, 2.05) is 41.5 Å². The van der Waals surface area contributed by atoms with Crippen molar-refractivity contribution < 1.29 is 37.4 Å². The molecule has 228 valence electrons. The molecule has 0 radical (unpaired) electrons. The summed E-state index contributed by atoms with van der Waals surface area (Å²) in [6.45, 7) is 12.5. The number of likely N-dealkylation sites (tertiary alicyclic amines) is 1. The summed E-state index contributed by atoms with van der Waals surface area (Å²) in [7, 11) is 0. The van der Waals surface area contributed by atoms with Crippen molar-refractivity contribution >= 4 is 23.5 Å². The molecule has 0 bridgehead atoms. The standard InChI is InChI=1S/C32H39F3N2O5/c1-8-42-28(40)24-17-21(14-19-12-10-9-11-13-19)27(36-29(41)32(33,34)35)37(24)18-25(38)20-15-22(30(2,3)4)26(39)23(16-20)31(5,6)7/h9-13,15-16,21,24,39H,8,14,17-18H2,1-7H3/b36-27-/t21-,24?/m0/s1. The van der Waals surface area contributed by atoms with E-state index in [1.54, 1.807) is 49.4 Å². The maximum atomic E-state index is 13.9. The first-order chi connectivity index (χ1) is 19.3. The fourth-order valence-corrected chi connectivity index (χ4v) is 5.13. The van der Waals surface area contributed by atoms with Crippen LogP contribution in [0.25, 0.3) is 0 Å². The molecule has 1 amide bonds. The molecule has 1 unspecified atom stereocenters. The van der Waals surface area contributed by atoms with Gasteiger partial charge in [-0.3, -0.25) is 9.59 Å². The van der Waals surface area contributed by atoms with E-state index in [1.165, 1.54) is 4.90 Å². The number of benzene rings is 2.